The third kappa shape index (κ3) is 4.76. The highest BCUT2D eigenvalue weighted by Gasteiger charge is 2.04. The summed E-state index contributed by atoms with van der Waals surface area (Å²) in [6.45, 7) is 0. The van der Waals surface area contributed by atoms with E-state index in [1.165, 1.54) is 5.56 Å². The molecule has 0 atom stereocenters. The molecule has 0 aromatic heterocycles. The van der Waals surface area contributed by atoms with Gasteiger partial charge < -0.3 is 11.1 Å². The minimum absolute atomic E-state index is 0.0299. The Morgan fingerprint density at radius 2 is 1.62 bits per heavy atom. The Balaban J connectivity index is 1.78. The van der Waals surface area contributed by atoms with Crippen LogP contribution >= 0.6 is 0 Å². The van der Waals surface area contributed by atoms with Crippen molar-refractivity contribution in [3.63, 3.8) is 0 Å². The van der Waals surface area contributed by atoms with Gasteiger partial charge >= 0.3 is 0 Å². The molecule has 3 N–H and O–H groups in total. The largest absolute Gasteiger partial charge is 0.366 e. The van der Waals surface area contributed by atoms with Crippen molar-refractivity contribution in [3.8, 4) is 0 Å². The normalized spacial score (nSPS) is 10.1. The maximum absolute atomic E-state index is 11.8. The SMILES string of the molecule is NC(=O)c1ccc(NC(=O)CCCc2ccccc2)cc1. The van der Waals surface area contributed by atoms with Crippen LogP contribution in [0, 0.1) is 0 Å². The molecule has 0 unspecified atom stereocenters. The first kappa shape index (κ1) is 14.8. The molecule has 21 heavy (non-hydrogen) atoms. The number of nitrogens with one attached hydrogen (secondary N) is 1. The summed E-state index contributed by atoms with van der Waals surface area (Å²) in [4.78, 5) is 22.8. The van der Waals surface area contributed by atoms with E-state index in [1.54, 1.807) is 24.3 Å². The molecule has 2 rings (SSSR count). The molecule has 0 aliphatic rings. The van der Waals surface area contributed by atoms with E-state index in [1.807, 2.05) is 18.2 Å². The van der Waals surface area contributed by atoms with Crippen LogP contribution in [0.4, 0.5) is 5.69 Å². The molecule has 108 valence electrons. The molecule has 0 heterocycles. The Kier molecular flexibility index (Phi) is 5.10. The van der Waals surface area contributed by atoms with Gasteiger partial charge in [-0.1, -0.05) is 30.3 Å². The number of hydrogen-bond donors (Lipinski definition) is 2. The number of aryl methyl sites for hydroxylation is 1. The number of benzene rings is 2. The number of amides is 2. The molecule has 0 radical (unpaired) electrons. The molecule has 0 bridgehead atoms. The highest BCUT2D eigenvalue weighted by atomic mass is 16.1. The zero-order valence-corrected chi connectivity index (χ0v) is 11.7. The fourth-order valence-electron chi connectivity index (χ4n) is 2.04. The lowest BCUT2D eigenvalue weighted by Crippen LogP contribution is -2.13. The molecule has 0 fully saturated rings. The second-order valence-corrected chi connectivity index (χ2v) is 4.83. The monoisotopic (exact) mass is 282 g/mol. The van der Waals surface area contributed by atoms with Gasteiger partial charge in [-0.25, -0.2) is 0 Å². The van der Waals surface area contributed by atoms with E-state index in [4.69, 9.17) is 5.73 Å². The summed E-state index contributed by atoms with van der Waals surface area (Å²) in [6, 6.07) is 16.6. The van der Waals surface area contributed by atoms with E-state index in [0.717, 1.165) is 12.8 Å². The molecule has 0 saturated heterocycles. The summed E-state index contributed by atoms with van der Waals surface area (Å²) < 4.78 is 0. The van der Waals surface area contributed by atoms with Crippen molar-refractivity contribution in [3.05, 3.63) is 65.7 Å². The van der Waals surface area contributed by atoms with Crippen LogP contribution in [0.1, 0.15) is 28.8 Å². The van der Waals surface area contributed by atoms with Crippen molar-refractivity contribution >= 4 is 17.5 Å². The highest BCUT2D eigenvalue weighted by Crippen LogP contribution is 2.11. The van der Waals surface area contributed by atoms with Gasteiger partial charge in [-0.2, -0.15) is 0 Å². The van der Waals surface area contributed by atoms with Crippen molar-refractivity contribution in [2.45, 2.75) is 19.3 Å². The molecule has 0 aliphatic heterocycles. The molecule has 4 nitrogen and oxygen atoms in total. The fraction of sp³-hybridized carbons (Fsp3) is 0.176. The Bertz CT molecular complexity index is 606. The summed E-state index contributed by atoms with van der Waals surface area (Å²) >= 11 is 0. The predicted molar refractivity (Wildman–Crippen MR) is 83.0 cm³/mol. The minimum Gasteiger partial charge on any atom is -0.366 e. The zero-order valence-electron chi connectivity index (χ0n) is 11.7. The van der Waals surface area contributed by atoms with Gasteiger partial charge in [-0.05, 0) is 42.7 Å². The summed E-state index contributed by atoms with van der Waals surface area (Å²) in [5.41, 5.74) is 7.49. The number of anilines is 1. The molecule has 0 aliphatic carbocycles. The third-order valence-corrected chi connectivity index (χ3v) is 3.17. The third-order valence-electron chi connectivity index (χ3n) is 3.17. The molecular weight excluding hydrogens is 264 g/mol. The number of nitrogens with two attached hydrogens (primary N) is 1. The highest BCUT2D eigenvalue weighted by molar-refractivity contribution is 5.94. The van der Waals surface area contributed by atoms with Gasteiger partial charge in [0.05, 0.1) is 0 Å². The summed E-state index contributed by atoms with van der Waals surface area (Å²) in [5.74, 6) is -0.506. The molecule has 2 aromatic carbocycles. The Morgan fingerprint density at radius 1 is 0.952 bits per heavy atom. The van der Waals surface area contributed by atoms with Gasteiger partial charge in [-0.15, -0.1) is 0 Å². The van der Waals surface area contributed by atoms with Crippen LogP contribution in [0.2, 0.25) is 0 Å². The Labute approximate surface area is 124 Å². The summed E-state index contributed by atoms with van der Waals surface area (Å²) in [5, 5.41) is 2.80. The van der Waals surface area contributed by atoms with Gasteiger partial charge in [-0.3, -0.25) is 9.59 Å². The van der Waals surface area contributed by atoms with Crippen molar-refractivity contribution < 1.29 is 9.59 Å². The van der Waals surface area contributed by atoms with Crippen LogP contribution in [-0.4, -0.2) is 11.8 Å². The average molecular weight is 282 g/mol. The molecule has 2 aromatic rings. The van der Waals surface area contributed by atoms with Gasteiger partial charge in [0.1, 0.15) is 0 Å². The fourth-order valence-corrected chi connectivity index (χ4v) is 2.04. The Hall–Kier alpha value is -2.62. The second kappa shape index (κ2) is 7.24. The first-order chi connectivity index (χ1) is 10.1. The predicted octanol–water partition coefficient (Wildman–Crippen LogP) is 2.75. The number of primary amides is 1. The van der Waals surface area contributed by atoms with Crippen LogP contribution in [0.5, 0.6) is 0 Å². The van der Waals surface area contributed by atoms with Gasteiger partial charge in [0.25, 0.3) is 0 Å². The van der Waals surface area contributed by atoms with Crippen LogP contribution in [0.25, 0.3) is 0 Å². The van der Waals surface area contributed by atoms with E-state index in [-0.39, 0.29) is 5.91 Å². The van der Waals surface area contributed by atoms with Crippen molar-refractivity contribution in [1.29, 1.82) is 0 Å². The molecular formula is C17H18N2O2. The van der Waals surface area contributed by atoms with E-state index in [9.17, 15) is 9.59 Å². The first-order valence-electron chi connectivity index (χ1n) is 6.89. The lowest BCUT2D eigenvalue weighted by Gasteiger charge is -2.06. The molecule has 0 spiro atoms. The van der Waals surface area contributed by atoms with Gasteiger partial charge in [0, 0.05) is 17.7 Å². The van der Waals surface area contributed by atoms with E-state index < -0.39 is 5.91 Å². The standard InChI is InChI=1S/C17H18N2O2/c18-17(21)14-9-11-15(12-10-14)19-16(20)8-4-7-13-5-2-1-3-6-13/h1-3,5-6,9-12H,4,7-8H2,(H2,18,21)(H,19,20). The maximum atomic E-state index is 11.8. The van der Waals surface area contributed by atoms with Crippen molar-refractivity contribution in [1.82, 2.24) is 0 Å². The average Bonchev–Trinajstić information content (AvgIpc) is 2.49. The zero-order chi connectivity index (χ0) is 15.1. The molecule has 4 heteroatoms. The molecule has 2 amide bonds. The molecule has 0 saturated carbocycles. The lowest BCUT2D eigenvalue weighted by atomic mass is 10.1. The Morgan fingerprint density at radius 3 is 2.24 bits per heavy atom. The number of carbonyl (C=O) groups excluding carboxylic acids is 2. The van der Waals surface area contributed by atoms with E-state index >= 15 is 0 Å². The second-order valence-electron chi connectivity index (χ2n) is 4.83. The van der Waals surface area contributed by atoms with Crippen molar-refractivity contribution in [2.75, 3.05) is 5.32 Å². The number of hydrogen-bond acceptors (Lipinski definition) is 2. The number of carbonyl (C=O) groups is 2. The maximum Gasteiger partial charge on any atom is 0.248 e. The topological polar surface area (TPSA) is 72.2 Å². The van der Waals surface area contributed by atoms with Crippen LogP contribution in [0.3, 0.4) is 0 Å². The van der Waals surface area contributed by atoms with Crippen LogP contribution in [-0.2, 0) is 11.2 Å². The summed E-state index contributed by atoms with van der Waals surface area (Å²) in [7, 11) is 0. The summed E-state index contributed by atoms with van der Waals surface area (Å²) in [6.07, 6.45) is 2.15. The smallest absolute Gasteiger partial charge is 0.248 e. The van der Waals surface area contributed by atoms with E-state index in [0.29, 0.717) is 17.7 Å². The minimum atomic E-state index is -0.476. The van der Waals surface area contributed by atoms with Crippen LogP contribution < -0.4 is 11.1 Å². The quantitative estimate of drug-likeness (QED) is 0.855. The van der Waals surface area contributed by atoms with Gasteiger partial charge in [0.15, 0.2) is 0 Å². The van der Waals surface area contributed by atoms with Crippen LogP contribution in [0.15, 0.2) is 54.6 Å². The first-order valence-corrected chi connectivity index (χ1v) is 6.89. The lowest BCUT2D eigenvalue weighted by molar-refractivity contribution is -0.116. The number of rotatable bonds is 6. The van der Waals surface area contributed by atoms with Gasteiger partial charge in [0.2, 0.25) is 11.8 Å². The van der Waals surface area contributed by atoms with E-state index in [2.05, 4.69) is 17.4 Å². The van der Waals surface area contributed by atoms with Crippen molar-refractivity contribution in [2.24, 2.45) is 5.73 Å².